The van der Waals surface area contributed by atoms with Crippen molar-refractivity contribution in [3.8, 4) is 11.1 Å². The van der Waals surface area contributed by atoms with Crippen molar-refractivity contribution in [2.75, 3.05) is 5.32 Å². The van der Waals surface area contributed by atoms with Crippen LogP contribution in [0, 0.1) is 0 Å². The number of hydrogen-bond donors (Lipinski definition) is 1. The van der Waals surface area contributed by atoms with Crippen molar-refractivity contribution in [2.24, 2.45) is 0 Å². The lowest BCUT2D eigenvalue weighted by atomic mass is 10.00. The molecule has 5 heteroatoms. The number of benzene rings is 2. The molecule has 3 aromatic rings. The van der Waals surface area contributed by atoms with Gasteiger partial charge in [-0.2, -0.15) is 0 Å². The van der Waals surface area contributed by atoms with E-state index in [1.807, 2.05) is 18.2 Å². The Morgan fingerprint density at radius 1 is 0.818 bits per heavy atom. The SMILES string of the molecule is O=C1Nc2ccc(-c3ccc4oc(=O)ccc4c3)cc2C1=O. The Morgan fingerprint density at radius 3 is 2.45 bits per heavy atom. The van der Waals surface area contributed by atoms with Crippen LogP contribution in [0.25, 0.3) is 22.1 Å². The minimum atomic E-state index is -0.604. The van der Waals surface area contributed by atoms with Crippen LogP contribution >= 0.6 is 0 Å². The number of anilines is 1. The van der Waals surface area contributed by atoms with Gasteiger partial charge in [0.05, 0.1) is 11.3 Å². The van der Waals surface area contributed by atoms with E-state index in [1.54, 1.807) is 24.3 Å². The first-order valence-corrected chi connectivity index (χ1v) is 6.66. The molecule has 1 N–H and O–H groups in total. The predicted molar refractivity (Wildman–Crippen MR) is 80.9 cm³/mol. The quantitative estimate of drug-likeness (QED) is 0.552. The van der Waals surface area contributed by atoms with Crippen LogP contribution < -0.4 is 10.9 Å². The van der Waals surface area contributed by atoms with E-state index in [0.717, 1.165) is 16.5 Å². The molecule has 5 nitrogen and oxygen atoms in total. The van der Waals surface area contributed by atoms with Crippen LogP contribution in [0.2, 0.25) is 0 Å². The summed E-state index contributed by atoms with van der Waals surface area (Å²) in [5, 5.41) is 3.31. The van der Waals surface area contributed by atoms with E-state index in [2.05, 4.69) is 5.32 Å². The highest BCUT2D eigenvalue weighted by Crippen LogP contribution is 2.30. The standard InChI is InChI=1S/C17H9NO4/c19-15-6-3-11-7-9(2-5-14(11)22-15)10-1-4-13-12(8-10)16(20)17(21)18-13/h1-8H,(H,18,20,21). The number of fused-ring (bicyclic) bond motifs is 2. The van der Waals surface area contributed by atoms with Gasteiger partial charge in [0, 0.05) is 11.5 Å². The molecule has 1 aliphatic rings. The Bertz CT molecular complexity index is 1020. The molecule has 0 fully saturated rings. The van der Waals surface area contributed by atoms with Crippen LogP contribution in [0.4, 0.5) is 5.69 Å². The zero-order valence-electron chi connectivity index (χ0n) is 11.3. The maximum absolute atomic E-state index is 11.8. The maximum Gasteiger partial charge on any atom is 0.336 e. The minimum absolute atomic E-state index is 0.377. The fourth-order valence-electron chi connectivity index (χ4n) is 2.57. The van der Waals surface area contributed by atoms with Crippen LogP contribution in [0.1, 0.15) is 10.4 Å². The first kappa shape index (κ1) is 12.5. The van der Waals surface area contributed by atoms with Crippen LogP contribution in [-0.4, -0.2) is 11.7 Å². The number of nitrogens with one attached hydrogen (secondary N) is 1. The van der Waals surface area contributed by atoms with E-state index >= 15 is 0 Å². The lowest BCUT2D eigenvalue weighted by Gasteiger charge is -2.05. The summed E-state index contributed by atoms with van der Waals surface area (Å²) < 4.78 is 5.09. The minimum Gasteiger partial charge on any atom is -0.423 e. The molecule has 0 saturated carbocycles. The molecule has 2 heterocycles. The third kappa shape index (κ3) is 1.83. The molecule has 0 atom stereocenters. The second-order valence-electron chi connectivity index (χ2n) is 5.05. The summed E-state index contributed by atoms with van der Waals surface area (Å²) in [6.07, 6.45) is 0. The van der Waals surface area contributed by atoms with E-state index in [-0.39, 0.29) is 0 Å². The van der Waals surface area contributed by atoms with Crippen molar-refractivity contribution in [3.63, 3.8) is 0 Å². The molecule has 2 aromatic carbocycles. The van der Waals surface area contributed by atoms with E-state index < -0.39 is 17.3 Å². The number of Topliss-reactive ketones (excluding diaryl/α,β-unsaturated/α-hetero) is 1. The van der Waals surface area contributed by atoms with Crippen LogP contribution in [0.15, 0.2) is 57.7 Å². The average molecular weight is 291 g/mol. The van der Waals surface area contributed by atoms with Gasteiger partial charge in [0.15, 0.2) is 0 Å². The normalized spacial score (nSPS) is 13.3. The van der Waals surface area contributed by atoms with Gasteiger partial charge in [-0.1, -0.05) is 12.1 Å². The van der Waals surface area contributed by atoms with Gasteiger partial charge in [0.2, 0.25) is 0 Å². The lowest BCUT2D eigenvalue weighted by molar-refractivity contribution is -0.112. The Balaban J connectivity index is 1.86. The first-order chi connectivity index (χ1) is 10.6. The van der Waals surface area contributed by atoms with Crippen molar-refractivity contribution in [2.45, 2.75) is 0 Å². The Labute approximate surface area is 124 Å². The van der Waals surface area contributed by atoms with Gasteiger partial charge >= 0.3 is 5.63 Å². The van der Waals surface area contributed by atoms with E-state index in [4.69, 9.17) is 4.42 Å². The molecule has 0 unspecified atom stereocenters. The fourth-order valence-corrected chi connectivity index (χ4v) is 2.57. The molecule has 1 aliphatic heterocycles. The first-order valence-electron chi connectivity index (χ1n) is 6.66. The molecule has 0 radical (unpaired) electrons. The number of ketones is 1. The molecule has 0 bridgehead atoms. The van der Waals surface area contributed by atoms with Crippen molar-refractivity contribution >= 4 is 28.3 Å². The number of rotatable bonds is 1. The Hall–Kier alpha value is -3.21. The van der Waals surface area contributed by atoms with Gasteiger partial charge in [-0.3, -0.25) is 9.59 Å². The highest BCUT2D eigenvalue weighted by Gasteiger charge is 2.27. The monoisotopic (exact) mass is 291 g/mol. The van der Waals surface area contributed by atoms with Crippen LogP contribution in [-0.2, 0) is 4.79 Å². The molecule has 1 aromatic heterocycles. The summed E-state index contributed by atoms with van der Waals surface area (Å²) in [7, 11) is 0. The molecule has 4 rings (SSSR count). The second kappa shape index (κ2) is 4.39. The highest BCUT2D eigenvalue weighted by atomic mass is 16.4. The van der Waals surface area contributed by atoms with E-state index in [1.165, 1.54) is 6.07 Å². The van der Waals surface area contributed by atoms with Crippen molar-refractivity contribution < 1.29 is 14.0 Å². The lowest BCUT2D eigenvalue weighted by Crippen LogP contribution is -2.12. The fraction of sp³-hybridized carbons (Fsp3) is 0. The van der Waals surface area contributed by atoms with Crippen molar-refractivity contribution in [1.29, 1.82) is 0 Å². The molecule has 22 heavy (non-hydrogen) atoms. The summed E-state index contributed by atoms with van der Waals surface area (Å²) in [6, 6.07) is 13.7. The second-order valence-corrected chi connectivity index (χ2v) is 5.05. The molecule has 0 saturated heterocycles. The molecule has 106 valence electrons. The summed E-state index contributed by atoms with van der Waals surface area (Å²) in [6.45, 7) is 0. The molecule has 1 amide bonds. The van der Waals surface area contributed by atoms with Gasteiger partial charge in [-0.05, 0) is 41.5 Å². The van der Waals surface area contributed by atoms with Crippen LogP contribution in [0.5, 0.6) is 0 Å². The largest absolute Gasteiger partial charge is 0.423 e. The molecular weight excluding hydrogens is 282 g/mol. The Morgan fingerprint density at radius 2 is 1.59 bits per heavy atom. The van der Waals surface area contributed by atoms with Gasteiger partial charge in [-0.25, -0.2) is 4.79 Å². The summed E-state index contributed by atoms with van der Waals surface area (Å²) in [4.78, 5) is 34.3. The smallest absolute Gasteiger partial charge is 0.336 e. The zero-order chi connectivity index (χ0) is 15.3. The van der Waals surface area contributed by atoms with Gasteiger partial charge in [0.1, 0.15) is 5.58 Å². The molecular formula is C17H9NO4. The van der Waals surface area contributed by atoms with Crippen LogP contribution in [0.3, 0.4) is 0 Å². The third-order valence-corrected chi connectivity index (χ3v) is 3.67. The van der Waals surface area contributed by atoms with E-state index in [9.17, 15) is 14.4 Å². The maximum atomic E-state index is 11.8. The van der Waals surface area contributed by atoms with Crippen molar-refractivity contribution in [3.05, 3.63) is 64.5 Å². The Kier molecular flexibility index (Phi) is 2.50. The molecule has 0 spiro atoms. The summed E-state index contributed by atoms with van der Waals surface area (Å²) in [5.41, 5.74) is 2.71. The van der Waals surface area contributed by atoms with Gasteiger partial charge in [0.25, 0.3) is 11.7 Å². The molecule has 0 aliphatic carbocycles. The zero-order valence-corrected chi connectivity index (χ0v) is 11.3. The third-order valence-electron chi connectivity index (χ3n) is 3.67. The topological polar surface area (TPSA) is 76.4 Å². The van der Waals surface area contributed by atoms with E-state index in [0.29, 0.717) is 16.8 Å². The number of carbonyl (C=O) groups excluding carboxylic acids is 2. The van der Waals surface area contributed by atoms with Gasteiger partial charge in [-0.15, -0.1) is 0 Å². The highest BCUT2D eigenvalue weighted by molar-refractivity contribution is 6.51. The van der Waals surface area contributed by atoms with Crippen molar-refractivity contribution in [1.82, 2.24) is 0 Å². The summed E-state index contributed by atoms with van der Waals surface area (Å²) in [5.74, 6) is -1.13. The number of amides is 1. The predicted octanol–water partition coefficient (Wildman–Crippen LogP) is 2.59. The number of carbonyl (C=O) groups is 2. The van der Waals surface area contributed by atoms with Gasteiger partial charge < -0.3 is 9.73 Å². The average Bonchev–Trinajstić information content (AvgIpc) is 2.81. The summed E-state index contributed by atoms with van der Waals surface area (Å²) >= 11 is 0. The number of hydrogen-bond acceptors (Lipinski definition) is 4.